The molecule has 0 aromatic carbocycles. The van der Waals surface area contributed by atoms with Crippen LogP contribution in [0, 0.1) is 11.8 Å². The first-order chi connectivity index (χ1) is 6.31. The second kappa shape index (κ2) is 3.64. The van der Waals surface area contributed by atoms with Crippen molar-refractivity contribution in [3.8, 4) is 0 Å². The van der Waals surface area contributed by atoms with E-state index in [1.54, 1.807) is 0 Å². The van der Waals surface area contributed by atoms with Crippen molar-refractivity contribution in [2.24, 2.45) is 11.8 Å². The van der Waals surface area contributed by atoms with Crippen molar-refractivity contribution in [1.82, 2.24) is 0 Å². The first-order valence-electron chi connectivity index (χ1n) is 4.89. The van der Waals surface area contributed by atoms with Crippen molar-refractivity contribution in [3.63, 3.8) is 0 Å². The van der Waals surface area contributed by atoms with Gasteiger partial charge in [0.05, 0.1) is 19.3 Å². The lowest BCUT2D eigenvalue weighted by atomic mass is 9.82. The van der Waals surface area contributed by atoms with Gasteiger partial charge in [-0.15, -0.1) is 0 Å². The molecule has 2 rings (SSSR count). The van der Waals surface area contributed by atoms with E-state index in [2.05, 4.69) is 18.7 Å². The van der Waals surface area contributed by atoms with Crippen LogP contribution in [0.25, 0.3) is 0 Å². The Morgan fingerprint density at radius 3 is 3.15 bits per heavy atom. The Morgan fingerprint density at radius 2 is 2.38 bits per heavy atom. The van der Waals surface area contributed by atoms with Gasteiger partial charge in [-0.2, -0.15) is 0 Å². The quantitative estimate of drug-likeness (QED) is 0.667. The standard InChI is InChI=1S/C11H16O2/c1-8-6-9-2-3-10(7-9)11(8)13-5-4-12/h2-3,9-12H,1,4-7H2/t9-,10-,11?/m1/s1. The van der Waals surface area contributed by atoms with Gasteiger partial charge >= 0.3 is 0 Å². The Kier molecular flexibility index (Phi) is 2.51. The molecule has 0 aliphatic heterocycles. The highest BCUT2D eigenvalue weighted by atomic mass is 16.5. The molecule has 3 atom stereocenters. The largest absolute Gasteiger partial charge is 0.394 e. The van der Waals surface area contributed by atoms with E-state index in [1.165, 1.54) is 12.0 Å². The zero-order valence-electron chi connectivity index (χ0n) is 7.78. The summed E-state index contributed by atoms with van der Waals surface area (Å²) in [6, 6.07) is 0. The molecule has 0 radical (unpaired) electrons. The second-order valence-electron chi connectivity index (χ2n) is 3.92. The lowest BCUT2D eigenvalue weighted by Gasteiger charge is -2.30. The molecule has 1 fully saturated rings. The monoisotopic (exact) mass is 180 g/mol. The molecule has 0 spiro atoms. The molecule has 2 aliphatic carbocycles. The fourth-order valence-electron chi connectivity index (χ4n) is 2.36. The Morgan fingerprint density at radius 1 is 1.54 bits per heavy atom. The van der Waals surface area contributed by atoms with Crippen LogP contribution in [0.4, 0.5) is 0 Å². The lowest BCUT2D eigenvalue weighted by molar-refractivity contribution is 0.0156. The zero-order chi connectivity index (χ0) is 9.26. The zero-order valence-corrected chi connectivity index (χ0v) is 7.78. The minimum absolute atomic E-state index is 0.101. The molecule has 2 aliphatic rings. The maximum absolute atomic E-state index is 8.68. The minimum Gasteiger partial charge on any atom is -0.394 e. The molecule has 0 aromatic heterocycles. The summed E-state index contributed by atoms with van der Waals surface area (Å²) < 4.78 is 5.57. The molecule has 1 saturated carbocycles. The molecule has 2 heteroatoms. The summed E-state index contributed by atoms with van der Waals surface area (Å²) in [5, 5.41) is 8.68. The SMILES string of the molecule is C=C1C[C@H]2C=C[C@H](C2)C1OCCO. The van der Waals surface area contributed by atoms with Crippen molar-refractivity contribution in [2.75, 3.05) is 13.2 Å². The van der Waals surface area contributed by atoms with Gasteiger partial charge in [0.25, 0.3) is 0 Å². The summed E-state index contributed by atoms with van der Waals surface area (Å²) in [5.74, 6) is 1.21. The van der Waals surface area contributed by atoms with E-state index in [0.717, 1.165) is 6.42 Å². The number of hydrogen-bond donors (Lipinski definition) is 1. The van der Waals surface area contributed by atoms with Gasteiger partial charge in [-0.1, -0.05) is 18.7 Å². The van der Waals surface area contributed by atoms with Crippen LogP contribution in [0.3, 0.4) is 0 Å². The minimum atomic E-state index is 0.101. The Bertz CT molecular complexity index is 232. The molecule has 13 heavy (non-hydrogen) atoms. The Hall–Kier alpha value is -0.600. The number of aliphatic hydroxyl groups is 1. The van der Waals surface area contributed by atoms with Crippen molar-refractivity contribution in [3.05, 3.63) is 24.3 Å². The van der Waals surface area contributed by atoms with Gasteiger partial charge < -0.3 is 9.84 Å². The van der Waals surface area contributed by atoms with E-state index in [1.807, 2.05) is 0 Å². The van der Waals surface area contributed by atoms with Crippen LogP contribution < -0.4 is 0 Å². The molecular weight excluding hydrogens is 164 g/mol. The third kappa shape index (κ3) is 1.69. The van der Waals surface area contributed by atoms with Crippen LogP contribution in [0.1, 0.15) is 12.8 Å². The van der Waals surface area contributed by atoms with E-state index in [-0.39, 0.29) is 12.7 Å². The predicted octanol–water partition coefficient (Wildman–Crippen LogP) is 1.52. The van der Waals surface area contributed by atoms with Crippen molar-refractivity contribution >= 4 is 0 Å². The van der Waals surface area contributed by atoms with Gasteiger partial charge in [-0.3, -0.25) is 0 Å². The summed E-state index contributed by atoms with van der Waals surface area (Å²) in [6.07, 6.45) is 6.93. The number of ether oxygens (including phenoxy) is 1. The van der Waals surface area contributed by atoms with Crippen molar-refractivity contribution < 1.29 is 9.84 Å². The van der Waals surface area contributed by atoms with E-state index in [0.29, 0.717) is 18.4 Å². The summed E-state index contributed by atoms with van der Waals surface area (Å²) >= 11 is 0. The van der Waals surface area contributed by atoms with Gasteiger partial charge in [0.2, 0.25) is 0 Å². The average molecular weight is 180 g/mol. The van der Waals surface area contributed by atoms with Crippen molar-refractivity contribution in [1.29, 1.82) is 0 Å². The summed E-state index contributed by atoms with van der Waals surface area (Å²) in [6.45, 7) is 4.57. The molecule has 1 unspecified atom stereocenters. The molecule has 0 aromatic rings. The average Bonchev–Trinajstić information content (AvgIpc) is 2.49. The maximum Gasteiger partial charge on any atom is 0.0846 e. The third-order valence-electron chi connectivity index (χ3n) is 2.91. The fourth-order valence-corrected chi connectivity index (χ4v) is 2.36. The van der Waals surface area contributed by atoms with Crippen molar-refractivity contribution in [2.45, 2.75) is 18.9 Å². The molecule has 0 amide bonds. The van der Waals surface area contributed by atoms with Gasteiger partial charge in [-0.25, -0.2) is 0 Å². The molecular formula is C11H16O2. The van der Waals surface area contributed by atoms with Crippen LogP contribution in [-0.2, 0) is 4.74 Å². The lowest BCUT2D eigenvalue weighted by Crippen LogP contribution is -2.29. The van der Waals surface area contributed by atoms with E-state index >= 15 is 0 Å². The van der Waals surface area contributed by atoms with Crippen LogP contribution in [0.2, 0.25) is 0 Å². The fraction of sp³-hybridized carbons (Fsp3) is 0.636. The van der Waals surface area contributed by atoms with E-state index in [9.17, 15) is 0 Å². The smallest absolute Gasteiger partial charge is 0.0846 e. The summed E-state index contributed by atoms with van der Waals surface area (Å²) in [7, 11) is 0. The number of allylic oxidation sites excluding steroid dienone is 1. The first-order valence-corrected chi connectivity index (χ1v) is 4.89. The van der Waals surface area contributed by atoms with Crippen LogP contribution in [0.5, 0.6) is 0 Å². The van der Waals surface area contributed by atoms with Gasteiger partial charge in [0.1, 0.15) is 0 Å². The van der Waals surface area contributed by atoms with E-state index < -0.39 is 0 Å². The second-order valence-corrected chi connectivity index (χ2v) is 3.92. The van der Waals surface area contributed by atoms with Crippen LogP contribution in [-0.4, -0.2) is 24.4 Å². The molecule has 2 nitrogen and oxygen atoms in total. The normalized spacial score (nSPS) is 37.0. The van der Waals surface area contributed by atoms with Gasteiger partial charge in [0.15, 0.2) is 0 Å². The number of hydrogen-bond acceptors (Lipinski definition) is 2. The first kappa shape index (κ1) is 8.97. The molecule has 0 saturated heterocycles. The highest BCUT2D eigenvalue weighted by molar-refractivity contribution is 5.21. The van der Waals surface area contributed by atoms with Crippen LogP contribution >= 0.6 is 0 Å². The van der Waals surface area contributed by atoms with Crippen LogP contribution in [0.15, 0.2) is 24.3 Å². The van der Waals surface area contributed by atoms with Gasteiger partial charge in [0, 0.05) is 5.92 Å². The topological polar surface area (TPSA) is 29.5 Å². The highest BCUT2D eigenvalue weighted by Gasteiger charge is 2.34. The molecule has 0 heterocycles. The van der Waals surface area contributed by atoms with Gasteiger partial charge in [-0.05, 0) is 24.3 Å². The maximum atomic E-state index is 8.68. The molecule has 2 bridgehead atoms. The molecule has 72 valence electrons. The molecule has 1 N–H and O–H groups in total. The Labute approximate surface area is 78.9 Å². The highest BCUT2D eigenvalue weighted by Crippen LogP contribution is 2.40. The summed E-state index contributed by atoms with van der Waals surface area (Å²) in [4.78, 5) is 0. The van der Waals surface area contributed by atoms with E-state index in [4.69, 9.17) is 9.84 Å². The number of fused-ring (bicyclic) bond motifs is 2. The number of aliphatic hydroxyl groups excluding tert-OH is 1. The number of rotatable bonds is 3. The Balaban J connectivity index is 1.99. The summed E-state index contributed by atoms with van der Waals surface area (Å²) in [5.41, 5.74) is 1.19. The predicted molar refractivity (Wildman–Crippen MR) is 51.3 cm³/mol. The third-order valence-corrected chi connectivity index (χ3v) is 2.91.